The number of fused-ring (bicyclic) bond motifs is 1. The highest BCUT2D eigenvalue weighted by Crippen LogP contribution is 2.17. The first-order valence-electron chi connectivity index (χ1n) is 8.49. The van der Waals surface area contributed by atoms with Crippen LogP contribution in [0.2, 0.25) is 0 Å². The first-order chi connectivity index (χ1) is 11.1. The fourth-order valence-electron chi connectivity index (χ4n) is 3.51. The molecule has 2 aromatic rings. The third-order valence-electron chi connectivity index (χ3n) is 5.11. The summed E-state index contributed by atoms with van der Waals surface area (Å²) in [4.78, 5) is 19.5. The topological polar surface area (TPSA) is 51.0 Å². The fourth-order valence-corrected chi connectivity index (χ4v) is 3.51. The van der Waals surface area contributed by atoms with Gasteiger partial charge in [0.1, 0.15) is 38.5 Å². The molecular formula is C18H27N3O2+2. The maximum atomic E-state index is 12.9. The van der Waals surface area contributed by atoms with Crippen LogP contribution >= 0.6 is 0 Å². The van der Waals surface area contributed by atoms with E-state index in [0.717, 1.165) is 47.5 Å². The summed E-state index contributed by atoms with van der Waals surface area (Å²) in [6, 6.07) is 5.64. The van der Waals surface area contributed by atoms with Gasteiger partial charge in [-0.1, -0.05) is 0 Å². The number of pyridine rings is 1. The molecule has 5 nitrogen and oxygen atoms in total. The molecule has 124 valence electrons. The van der Waals surface area contributed by atoms with Crippen LogP contribution in [0.25, 0.3) is 10.9 Å². The molecule has 5 heteroatoms. The number of aromatic amines is 1. The highest BCUT2D eigenvalue weighted by molar-refractivity contribution is 5.81. The summed E-state index contributed by atoms with van der Waals surface area (Å²) in [5.41, 5.74) is 2.94. The van der Waals surface area contributed by atoms with Crippen molar-refractivity contribution in [1.82, 2.24) is 4.98 Å². The van der Waals surface area contributed by atoms with Crippen molar-refractivity contribution in [2.45, 2.75) is 20.4 Å². The zero-order valence-electron chi connectivity index (χ0n) is 14.3. The van der Waals surface area contributed by atoms with Gasteiger partial charge >= 0.3 is 0 Å². The summed E-state index contributed by atoms with van der Waals surface area (Å²) in [7, 11) is 1.63. The van der Waals surface area contributed by atoms with E-state index in [2.05, 4.69) is 11.9 Å². The second-order valence-electron chi connectivity index (χ2n) is 6.50. The number of aryl methyl sites for hydroxylation is 1. The average Bonchev–Trinajstić information content (AvgIpc) is 2.59. The molecule has 3 rings (SSSR count). The second kappa shape index (κ2) is 6.72. The van der Waals surface area contributed by atoms with Gasteiger partial charge in [-0.2, -0.15) is 0 Å². The van der Waals surface area contributed by atoms with Crippen LogP contribution in [0.15, 0.2) is 23.0 Å². The number of quaternary nitrogens is 2. The van der Waals surface area contributed by atoms with Crippen molar-refractivity contribution >= 4 is 10.9 Å². The largest absolute Gasteiger partial charge is 0.497 e. The fraction of sp³-hybridized carbons (Fsp3) is 0.500. The number of likely N-dealkylation sites (N-methyl/N-ethyl adjacent to an activating group) is 1. The van der Waals surface area contributed by atoms with Crippen LogP contribution in [-0.2, 0) is 6.54 Å². The summed E-state index contributed by atoms with van der Waals surface area (Å²) in [6.45, 7) is 10.9. The Balaban J connectivity index is 1.90. The lowest BCUT2D eigenvalue weighted by molar-refractivity contribution is -1.02. The molecule has 0 unspecified atom stereocenters. The van der Waals surface area contributed by atoms with Crippen molar-refractivity contribution in [2.24, 2.45) is 0 Å². The first kappa shape index (κ1) is 16.0. The first-order valence-corrected chi connectivity index (χ1v) is 8.49. The van der Waals surface area contributed by atoms with Gasteiger partial charge in [0.15, 0.2) is 5.43 Å². The van der Waals surface area contributed by atoms with Crippen molar-refractivity contribution in [1.29, 1.82) is 0 Å². The lowest BCUT2D eigenvalue weighted by Gasteiger charge is -2.29. The summed E-state index contributed by atoms with van der Waals surface area (Å²) in [5, 5.41) is 0.724. The number of aromatic nitrogens is 1. The highest BCUT2D eigenvalue weighted by atomic mass is 16.5. The number of hydrogen-bond acceptors (Lipinski definition) is 2. The molecule has 1 saturated heterocycles. The summed E-state index contributed by atoms with van der Waals surface area (Å²) in [5.74, 6) is 0.727. The van der Waals surface area contributed by atoms with E-state index >= 15 is 0 Å². The number of methoxy groups -OCH3 is 1. The summed E-state index contributed by atoms with van der Waals surface area (Å²) < 4.78 is 5.26. The monoisotopic (exact) mass is 317 g/mol. The number of ether oxygens (including phenoxy) is 1. The van der Waals surface area contributed by atoms with E-state index in [9.17, 15) is 4.79 Å². The molecule has 0 radical (unpaired) electrons. The molecule has 0 bridgehead atoms. The molecular weight excluding hydrogens is 290 g/mol. The van der Waals surface area contributed by atoms with Gasteiger partial charge in [-0.3, -0.25) is 4.79 Å². The van der Waals surface area contributed by atoms with E-state index < -0.39 is 0 Å². The Hall–Kier alpha value is -1.85. The molecule has 23 heavy (non-hydrogen) atoms. The minimum Gasteiger partial charge on any atom is -0.497 e. The Morgan fingerprint density at radius 2 is 1.87 bits per heavy atom. The molecule has 0 aliphatic carbocycles. The van der Waals surface area contributed by atoms with E-state index in [1.807, 2.05) is 25.1 Å². The van der Waals surface area contributed by atoms with Crippen molar-refractivity contribution in [3.63, 3.8) is 0 Å². The maximum Gasteiger partial charge on any atom is 0.198 e. The second-order valence-corrected chi connectivity index (χ2v) is 6.50. The van der Waals surface area contributed by atoms with Gasteiger partial charge in [0.2, 0.25) is 0 Å². The number of benzene rings is 1. The normalized spacial score (nSPS) is 21.5. The molecule has 3 N–H and O–H groups in total. The predicted molar refractivity (Wildman–Crippen MR) is 91.5 cm³/mol. The van der Waals surface area contributed by atoms with Crippen molar-refractivity contribution in [3.05, 3.63) is 39.7 Å². The quantitative estimate of drug-likeness (QED) is 0.688. The van der Waals surface area contributed by atoms with Gasteiger partial charge in [-0.15, -0.1) is 0 Å². The average molecular weight is 317 g/mol. The minimum absolute atomic E-state index is 0.146. The number of nitrogens with one attached hydrogen (secondary N) is 3. The lowest BCUT2D eigenvalue weighted by atomic mass is 10.1. The maximum absolute atomic E-state index is 12.9. The van der Waals surface area contributed by atoms with Crippen LogP contribution in [-0.4, -0.2) is 44.8 Å². The van der Waals surface area contributed by atoms with E-state index in [-0.39, 0.29) is 5.43 Å². The third-order valence-corrected chi connectivity index (χ3v) is 5.11. The number of rotatable bonds is 4. The summed E-state index contributed by atoms with van der Waals surface area (Å²) in [6.07, 6.45) is 0. The molecule has 1 aromatic carbocycles. The van der Waals surface area contributed by atoms with Crippen LogP contribution in [0.1, 0.15) is 18.2 Å². The molecule has 1 aliphatic rings. The predicted octanol–water partition coefficient (Wildman–Crippen LogP) is -0.852. The van der Waals surface area contributed by atoms with E-state index in [1.54, 1.807) is 12.0 Å². The highest BCUT2D eigenvalue weighted by Gasteiger charge is 2.23. The van der Waals surface area contributed by atoms with E-state index in [1.165, 1.54) is 24.5 Å². The van der Waals surface area contributed by atoms with Crippen molar-refractivity contribution in [2.75, 3.05) is 39.8 Å². The van der Waals surface area contributed by atoms with Crippen LogP contribution < -0.4 is 20.0 Å². The molecule has 1 fully saturated rings. The number of H-pyrrole nitrogens is 1. The molecule has 0 atom stereocenters. The molecule has 2 heterocycles. The summed E-state index contributed by atoms with van der Waals surface area (Å²) >= 11 is 0. The minimum atomic E-state index is 0.146. The van der Waals surface area contributed by atoms with Gasteiger partial charge in [0.05, 0.1) is 19.2 Å². The smallest absolute Gasteiger partial charge is 0.198 e. The van der Waals surface area contributed by atoms with Crippen LogP contribution in [0.3, 0.4) is 0 Å². The van der Waals surface area contributed by atoms with Crippen molar-refractivity contribution < 1.29 is 14.5 Å². The van der Waals surface area contributed by atoms with Gasteiger partial charge in [0, 0.05) is 16.6 Å². The zero-order valence-corrected chi connectivity index (χ0v) is 14.3. The molecule has 1 aromatic heterocycles. The molecule has 0 amide bonds. The van der Waals surface area contributed by atoms with Crippen LogP contribution in [0.5, 0.6) is 5.75 Å². The van der Waals surface area contributed by atoms with Crippen molar-refractivity contribution in [3.8, 4) is 5.75 Å². The SMILES string of the molecule is CC[NH+]1CC[NH+](Cc2c(C)[nH]c3ccc(OC)cc3c2=O)CC1. The van der Waals surface area contributed by atoms with E-state index in [4.69, 9.17) is 4.74 Å². The van der Waals surface area contributed by atoms with Crippen LogP contribution in [0, 0.1) is 6.92 Å². The Morgan fingerprint density at radius 3 is 2.52 bits per heavy atom. The molecule has 0 spiro atoms. The Morgan fingerprint density at radius 1 is 1.17 bits per heavy atom. The van der Waals surface area contributed by atoms with Gasteiger partial charge in [-0.25, -0.2) is 0 Å². The number of piperazine rings is 1. The Kier molecular flexibility index (Phi) is 4.68. The Labute approximate surface area is 136 Å². The Bertz CT molecular complexity index is 746. The van der Waals surface area contributed by atoms with Gasteiger partial charge in [-0.05, 0) is 32.0 Å². The third kappa shape index (κ3) is 3.26. The van der Waals surface area contributed by atoms with Gasteiger partial charge < -0.3 is 19.5 Å². The molecule has 1 aliphatic heterocycles. The zero-order chi connectivity index (χ0) is 16.4. The van der Waals surface area contributed by atoms with E-state index in [0.29, 0.717) is 0 Å². The lowest BCUT2D eigenvalue weighted by Crippen LogP contribution is -3.27. The number of hydrogen-bond donors (Lipinski definition) is 3. The van der Waals surface area contributed by atoms with Gasteiger partial charge in [0.25, 0.3) is 0 Å². The standard InChI is InChI=1S/C18H25N3O2/c1-4-20-7-9-21(10-8-20)12-16-13(2)19-17-6-5-14(23-3)11-15(17)18(16)22/h5-6,11H,4,7-10,12H2,1-3H3,(H,19,22)/p+2. The molecule has 0 saturated carbocycles. The van der Waals surface area contributed by atoms with Crippen LogP contribution in [0.4, 0.5) is 0 Å².